The van der Waals surface area contributed by atoms with Crippen molar-refractivity contribution in [1.82, 2.24) is 0 Å². The van der Waals surface area contributed by atoms with Gasteiger partial charge < -0.3 is 4.90 Å². The van der Waals surface area contributed by atoms with Crippen LogP contribution in [-0.4, -0.2) is 22.9 Å². The minimum Gasteiger partial charge on any atom is -0.378 e. The van der Waals surface area contributed by atoms with Crippen molar-refractivity contribution in [2.24, 2.45) is 0 Å². The summed E-state index contributed by atoms with van der Waals surface area (Å²) in [6.07, 6.45) is 4.20. The van der Waals surface area contributed by atoms with Crippen molar-refractivity contribution in [2.75, 3.05) is 19.0 Å². The smallest absolute Gasteiger partial charge is 0.0796 e. The molecule has 0 unspecified atom stereocenters. The number of hydrogen-bond acceptors (Lipinski definition) is 1. The van der Waals surface area contributed by atoms with Crippen LogP contribution in [0.5, 0.6) is 0 Å². The summed E-state index contributed by atoms with van der Waals surface area (Å²) < 4.78 is 0. The number of allylic oxidation sites excluding steroid dienone is 1. The summed E-state index contributed by atoms with van der Waals surface area (Å²) in [5.41, 5.74) is 2.81. The third-order valence-corrected chi connectivity index (χ3v) is 4.31. The van der Waals surface area contributed by atoms with Gasteiger partial charge in [-0.3, -0.25) is 0 Å². The van der Waals surface area contributed by atoms with Gasteiger partial charge in [0.05, 0.1) is 8.80 Å². The van der Waals surface area contributed by atoms with Crippen LogP contribution in [0.1, 0.15) is 12.0 Å². The Morgan fingerprint density at radius 1 is 1.31 bits per heavy atom. The highest BCUT2D eigenvalue weighted by molar-refractivity contribution is 6.71. The van der Waals surface area contributed by atoms with Gasteiger partial charge in [0.15, 0.2) is 0 Å². The van der Waals surface area contributed by atoms with Crippen LogP contribution < -0.4 is 10.1 Å². The molecule has 0 aliphatic heterocycles. The molecule has 0 saturated heterocycles. The van der Waals surface area contributed by atoms with Gasteiger partial charge in [0, 0.05) is 19.8 Å². The minimum absolute atomic E-state index is 0.388. The van der Waals surface area contributed by atoms with Crippen LogP contribution in [0, 0.1) is 0 Å². The van der Waals surface area contributed by atoms with Gasteiger partial charge in [0.25, 0.3) is 0 Å². The molecule has 0 saturated carbocycles. The number of nitrogens with zero attached hydrogens (tertiary/aromatic N) is 1. The standard InChI is InChI=1S/C14H22NSi/c1-6-7-8-12-9-10-13(15(2)3)11-14(12)16(4)5/h6,9-11H,1,7-8H2,2-5H3. The van der Waals surface area contributed by atoms with E-state index in [-0.39, 0.29) is 8.80 Å². The predicted octanol–water partition coefficient (Wildman–Crippen LogP) is 2.83. The molecule has 0 bridgehead atoms. The lowest BCUT2D eigenvalue weighted by atomic mass is 10.1. The van der Waals surface area contributed by atoms with Crippen molar-refractivity contribution in [1.29, 1.82) is 0 Å². The lowest BCUT2D eigenvalue weighted by Crippen LogP contribution is -2.28. The maximum atomic E-state index is 3.80. The molecule has 1 radical (unpaired) electrons. The van der Waals surface area contributed by atoms with E-state index in [0.29, 0.717) is 0 Å². The number of hydrogen-bond donors (Lipinski definition) is 0. The van der Waals surface area contributed by atoms with Crippen molar-refractivity contribution in [3.63, 3.8) is 0 Å². The summed E-state index contributed by atoms with van der Waals surface area (Å²) >= 11 is 0. The minimum atomic E-state index is -0.388. The molecule has 1 nitrogen and oxygen atoms in total. The van der Waals surface area contributed by atoms with E-state index >= 15 is 0 Å². The Morgan fingerprint density at radius 3 is 2.50 bits per heavy atom. The van der Waals surface area contributed by atoms with E-state index in [9.17, 15) is 0 Å². The average molecular weight is 232 g/mol. The Hall–Kier alpha value is -1.02. The molecule has 0 amide bonds. The fourth-order valence-electron chi connectivity index (χ4n) is 1.78. The second-order valence-electron chi connectivity index (χ2n) is 4.56. The lowest BCUT2D eigenvalue weighted by molar-refractivity contribution is 1.01. The van der Waals surface area contributed by atoms with E-state index in [1.807, 2.05) is 6.08 Å². The summed E-state index contributed by atoms with van der Waals surface area (Å²) in [7, 11) is 3.81. The van der Waals surface area contributed by atoms with Crippen LogP contribution in [0.3, 0.4) is 0 Å². The van der Waals surface area contributed by atoms with Crippen LogP contribution in [0.15, 0.2) is 30.9 Å². The summed E-state index contributed by atoms with van der Waals surface area (Å²) in [6, 6.07) is 6.85. The van der Waals surface area contributed by atoms with Gasteiger partial charge in [-0.2, -0.15) is 0 Å². The van der Waals surface area contributed by atoms with Gasteiger partial charge >= 0.3 is 0 Å². The van der Waals surface area contributed by atoms with Crippen LogP contribution >= 0.6 is 0 Å². The van der Waals surface area contributed by atoms with Gasteiger partial charge in [0.1, 0.15) is 0 Å². The van der Waals surface area contributed by atoms with Gasteiger partial charge in [-0.05, 0) is 30.5 Å². The monoisotopic (exact) mass is 232 g/mol. The Balaban J connectivity index is 3.04. The second-order valence-corrected chi connectivity index (χ2v) is 7.10. The molecule has 0 N–H and O–H groups in total. The number of anilines is 1. The first kappa shape index (κ1) is 13.0. The molecule has 87 valence electrons. The van der Waals surface area contributed by atoms with Crippen LogP contribution in [-0.2, 0) is 6.42 Å². The molecule has 2 heteroatoms. The highest BCUT2D eigenvalue weighted by Crippen LogP contribution is 2.13. The summed E-state index contributed by atoms with van der Waals surface area (Å²) in [5, 5.41) is 1.57. The quantitative estimate of drug-likeness (QED) is 0.557. The highest BCUT2D eigenvalue weighted by Gasteiger charge is 2.09. The molecule has 0 fully saturated rings. The van der Waals surface area contributed by atoms with Gasteiger partial charge in [-0.15, -0.1) is 6.58 Å². The summed E-state index contributed by atoms with van der Waals surface area (Å²) in [4.78, 5) is 2.17. The third kappa shape index (κ3) is 3.24. The molecular formula is C14H22NSi. The molecule has 0 heterocycles. The van der Waals surface area contributed by atoms with E-state index < -0.39 is 0 Å². The Labute approximate surface area is 101 Å². The SMILES string of the molecule is C=CCCc1ccc(N(C)C)cc1[Si](C)C. The van der Waals surface area contributed by atoms with E-state index in [1.165, 1.54) is 11.3 Å². The maximum absolute atomic E-state index is 3.80. The Morgan fingerprint density at radius 2 is 2.00 bits per heavy atom. The van der Waals surface area contributed by atoms with Crippen molar-refractivity contribution in [2.45, 2.75) is 25.9 Å². The van der Waals surface area contributed by atoms with Crippen molar-refractivity contribution < 1.29 is 0 Å². The predicted molar refractivity (Wildman–Crippen MR) is 76.4 cm³/mol. The largest absolute Gasteiger partial charge is 0.378 e. The van der Waals surface area contributed by atoms with E-state index in [4.69, 9.17) is 0 Å². The fraction of sp³-hybridized carbons (Fsp3) is 0.429. The zero-order valence-electron chi connectivity index (χ0n) is 10.9. The van der Waals surface area contributed by atoms with Gasteiger partial charge in [-0.1, -0.05) is 30.4 Å². The summed E-state index contributed by atoms with van der Waals surface area (Å²) in [6.45, 7) is 8.51. The zero-order valence-corrected chi connectivity index (χ0v) is 11.9. The van der Waals surface area contributed by atoms with E-state index in [2.05, 4.69) is 56.9 Å². The molecular weight excluding hydrogens is 210 g/mol. The average Bonchev–Trinajstić information content (AvgIpc) is 2.25. The third-order valence-electron chi connectivity index (χ3n) is 2.77. The van der Waals surface area contributed by atoms with E-state index in [1.54, 1.807) is 5.19 Å². The zero-order chi connectivity index (χ0) is 12.1. The Kier molecular flexibility index (Phi) is 4.81. The molecule has 16 heavy (non-hydrogen) atoms. The van der Waals surface area contributed by atoms with Crippen molar-refractivity contribution in [3.8, 4) is 0 Å². The first-order chi connectivity index (χ1) is 7.56. The molecule has 0 aliphatic carbocycles. The van der Waals surface area contributed by atoms with Gasteiger partial charge in [-0.25, -0.2) is 0 Å². The first-order valence-electron chi connectivity index (χ1n) is 5.78. The van der Waals surface area contributed by atoms with Crippen molar-refractivity contribution >= 4 is 19.7 Å². The Bertz CT molecular complexity index is 356. The molecule has 0 atom stereocenters. The topological polar surface area (TPSA) is 3.24 Å². The number of rotatable bonds is 5. The van der Waals surface area contributed by atoms with Crippen molar-refractivity contribution in [3.05, 3.63) is 36.4 Å². The molecule has 0 aromatic heterocycles. The number of benzene rings is 1. The second kappa shape index (κ2) is 5.90. The van der Waals surface area contributed by atoms with Crippen LogP contribution in [0.2, 0.25) is 13.1 Å². The molecule has 0 aliphatic rings. The first-order valence-corrected chi connectivity index (χ1v) is 8.28. The van der Waals surface area contributed by atoms with Crippen LogP contribution in [0.25, 0.3) is 0 Å². The lowest BCUT2D eigenvalue weighted by Gasteiger charge is -2.18. The normalized spacial score (nSPS) is 10.6. The summed E-state index contributed by atoms with van der Waals surface area (Å²) in [5.74, 6) is 0. The molecule has 1 rings (SSSR count). The number of aryl methyl sites for hydroxylation is 1. The van der Waals surface area contributed by atoms with Crippen LogP contribution in [0.4, 0.5) is 5.69 Å². The van der Waals surface area contributed by atoms with Gasteiger partial charge in [0.2, 0.25) is 0 Å². The highest BCUT2D eigenvalue weighted by atomic mass is 28.3. The molecule has 1 aromatic rings. The molecule has 0 spiro atoms. The fourth-order valence-corrected chi connectivity index (χ4v) is 3.07. The molecule has 1 aromatic carbocycles. The maximum Gasteiger partial charge on any atom is 0.0796 e. The van der Waals surface area contributed by atoms with E-state index in [0.717, 1.165) is 12.8 Å².